The Hall–Kier alpha value is -2.34. The van der Waals surface area contributed by atoms with Crippen LogP contribution in [0.25, 0.3) is 0 Å². The third-order valence-corrected chi connectivity index (χ3v) is 4.51. The molecule has 0 aliphatic heterocycles. The number of nitrogens with one attached hydrogen (secondary N) is 2. The minimum atomic E-state index is 0.528. The number of benzene rings is 1. The molecule has 2 N–H and O–H groups in total. The van der Waals surface area contributed by atoms with E-state index in [1.165, 1.54) is 11.1 Å². The molecule has 2 aromatic rings. The number of hydrogen-bond acceptors (Lipinski definition) is 3. The van der Waals surface area contributed by atoms with Crippen molar-refractivity contribution in [3.63, 3.8) is 0 Å². The molecule has 0 aliphatic rings. The maximum absolute atomic E-state index is 4.32. The van der Waals surface area contributed by atoms with Crippen molar-refractivity contribution in [3.05, 3.63) is 53.9 Å². The maximum Gasteiger partial charge on any atom is 0.191 e. The lowest BCUT2D eigenvalue weighted by atomic mass is 10.1. The Morgan fingerprint density at radius 3 is 2.62 bits per heavy atom. The molecule has 26 heavy (non-hydrogen) atoms. The van der Waals surface area contributed by atoms with Crippen LogP contribution in [0.2, 0.25) is 0 Å². The van der Waals surface area contributed by atoms with Gasteiger partial charge in [0, 0.05) is 51.7 Å². The molecular formula is C20H32N6. The fourth-order valence-corrected chi connectivity index (χ4v) is 2.62. The van der Waals surface area contributed by atoms with Crippen molar-refractivity contribution in [3.8, 4) is 0 Å². The molecule has 0 saturated heterocycles. The van der Waals surface area contributed by atoms with E-state index < -0.39 is 0 Å². The monoisotopic (exact) mass is 356 g/mol. The first kappa shape index (κ1) is 20.0. The van der Waals surface area contributed by atoms with Crippen molar-refractivity contribution < 1.29 is 0 Å². The highest BCUT2D eigenvalue weighted by atomic mass is 15.3. The van der Waals surface area contributed by atoms with Crippen LogP contribution < -0.4 is 10.6 Å². The van der Waals surface area contributed by atoms with Crippen molar-refractivity contribution in [2.24, 2.45) is 4.99 Å². The zero-order chi connectivity index (χ0) is 18.8. The molecule has 0 radical (unpaired) electrons. The van der Waals surface area contributed by atoms with Gasteiger partial charge < -0.3 is 10.6 Å². The number of aryl methyl sites for hydroxylation is 1. The number of aliphatic imine (C=N–C) groups is 1. The summed E-state index contributed by atoms with van der Waals surface area (Å²) in [5.74, 6) is 0.831. The van der Waals surface area contributed by atoms with Crippen LogP contribution in [0, 0.1) is 0 Å². The summed E-state index contributed by atoms with van der Waals surface area (Å²) in [7, 11) is 3.97. The summed E-state index contributed by atoms with van der Waals surface area (Å²) in [6.07, 6.45) is 4.79. The van der Waals surface area contributed by atoms with E-state index in [1.54, 1.807) is 7.05 Å². The van der Waals surface area contributed by atoms with Gasteiger partial charge in [-0.25, -0.2) is 0 Å². The number of hydrogen-bond donors (Lipinski definition) is 2. The lowest BCUT2D eigenvalue weighted by molar-refractivity contribution is 0.265. The molecule has 0 fully saturated rings. The summed E-state index contributed by atoms with van der Waals surface area (Å²) in [4.78, 5) is 6.67. The second-order valence-corrected chi connectivity index (χ2v) is 6.75. The van der Waals surface area contributed by atoms with Gasteiger partial charge in [0.25, 0.3) is 0 Å². The zero-order valence-corrected chi connectivity index (χ0v) is 16.4. The van der Waals surface area contributed by atoms with E-state index in [4.69, 9.17) is 0 Å². The molecule has 1 aromatic carbocycles. The number of guanidine groups is 1. The van der Waals surface area contributed by atoms with Gasteiger partial charge in [-0.1, -0.05) is 24.3 Å². The van der Waals surface area contributed by atoms with E-state index in [0.717, 1.165) is 38.6 Å². The first-order valence-electron chi connectivity index (χ1n) is 9.29. The Morgan fingerprint density at radius 1 is 1.19 bits per heavy atom. The van der Waals surface area contributed by atoms with Crippen LogP contribution in [0.15, 0.2) is 47.7 Å². The van der Waals surface area contributed by atoms with E-state index in [1.807, 2.05) is 23.1 Å². The molecule has 0 amide bonds. The lowest BCUT2D eigenvalue weighted by Crippen LogP contribution is -2.38. The van der Waals surface area contributed by atoms with Crippen LogP contribution in [0.3, 0.4) is 0 Å². The highest BCUT2D eigenvalue weighted by Crippen LogP contribution is 2.12. The molecule has 0 atom stereocenters. The van der Waals surface area contributed by atoms with Gasteiger partial charge in [-0.15, -0.1) is 0 Å². The Morgan fingerprint density at radius 2 is 1.96 bits per heavy atom. The molecule has 0 spiro atoms. The molecule has 0 saturated carbocycles. The largest absolute Gasteiger partial charge is 0.356 e. The van der Waals surface area contributed by atoms with Gasteiger partial charge in [0.1, 0.15) is 0 Å². The highest BCUT2D eigenvalue weighted by Gasteiger charge is 2.08. The third-order valence-electron chi connectivity index (χ3n) is 4.51. The Bertz CT molecular complexity index is 663. The van der Waals surface area contributed by atoms with Gasteiger partial charge in [-0.3, -0.25) is 14.6 Å². The Labute approximate surface area is 157 Å². The first-order valence-corrected chi connectivity index (χ1v) is 9.29. The summed E-state index contributed by atoms with van der Waals surface area (Å²) in [6, 6.07) is 11.1. The fourth-order valence-electron chi connectivity index (χ4n) is 2.62. The predicted molar refractivity (Wildman–Crippen MR) is 108 cm³/mol. The van der Waals surface area contributed by atoms with Crippen molar-refractivity contribution in [2.75, 3.05) is 20.6 Å². The first-order chi connectivity index (χ1) is 12.6. The van der Waals surface area contributed by atoms with E-state index in [9.17, 15) is 0 Å². The molecule has 142 valence electrons. The lowest BCUT2D eigenvalue weighted by Gasteiger charge is -2.23. The normalized spacial score (nSPS) is 12.0. The van der Waals surface area contributed by atoms with Crippen molar-refractivity contribution in [1.29, 1.82) is 0 Å². The molecular weight excluding hydrogens is 324 g/mol. The molecule has 1 heterocycles. The minimum absolute atomic E-state index is 0.528. The molecule has 2 rings (SSSR count). The number of rotatable bonds is 9. The van der Waals surface area contributed by atoms with Gasteiger partial charge in [0.15, 0.2) is 5.96 Å². The summed E-state index contributed by atoms with van der Waals surface area (Å²) in [6.45, 7) is 7.91. The summed E-state index contributed by atoms with van der Waals surface area (Å²) < 4.78 is 1.94. The molecule has 6 heteroatoms. The van der Waals surface area contributed by atoms with Gasteiger partial charge in [0.2, 0.25) is 0 Å². The summed E-state index contributed by atoms with van der Waals surface area (Å²) in [5, 5.41) is 11.0. The summed E-state index contributed by atoms with van der Waals surface area (Å²) >= 11 is 0. The number of aromatic nitrogens is 2. The predicted octanol–water partition coefficient (Wildman–Crippen LogP) is 2.48. The minimum Gasteiger partial charge on any atom is -0.356 e. The average molecular weight is 357 g/mol. The van der Waals surface area contributed by atoms with Crippen molar-refractivity contribution in [1.82, 2.24) is 25.3 Å². The topological polar surface area (TPSA) is 57.5 Å². The standard InChI is InChI=1S/C20H32N6/c1-17(2)25(4)16-19-10-6-5-9-18(19)15-23-20(21-3)22-11-7-13-26-14-8-12-24-26/h5-6,8-10,12,14,17H,7,11,13,15-16H2,1-4H3,(H2,21,22,23). The third kappa shape index (κ3) is 6.52. The Balaban J connectivity index is 1.80. The number of nitrogens with zero attached hydrogens (tertiary/aromatic N) is 4. The molecule has 6 nitrogen and oxygen atoms in total. The second kappa shape index (κ2) is 10.6. The van der Waals surface area contributed by atoms with E-state index in [2.05, 4.69) is 70.8 Å². The van der Waals surface area contributed by atoms with Crippen LogP contribution in [0.4, 0.5) is 0 Å². The van der Waals surface area contributed by atoms with Crippen LogP contribution in [-0.2, 0) is 19.6 Å². The van der Waals surface area contributed by atoms with Crippen LogP contribution in [0.1, 0.15) is 31.4 Å². The second-order valence-electron chi connectivity index (χ2n) is 6.75. The van der Waals surface area contributed by atoms with E-state index >= 15 is 0 Å². The highest BCUT2D eigenvalue weighted by molar-refractivity contribution is 5.79. The quantitative estimate of drug-likeness (QED) is 0.412. The maximum atomic E-state index is 4.32. The zero-order valence-electron chi connectivity index (χ0n) is 16.4. The average Bonchev–Trinajstić information content (AvgIpc) is 3.15. The van der Waals surface area contributed by atoms with Gasteiger partial charge in [0.05, 0.1) is 0 Å². The van der Waals surface area contributed by atoms with Crippen LogP contribution >= 0.6 is 0 Å². The van der Waals surface area contributed by atoms with Crippen LogP contribution in [-0.4, -0.2) is 47.3 Å². The molecule has 0 unspecified atom stereocenters. The van der Waals surface area contributed by atoms with E-state index in [0.29, 0.717) is 6.04 Å². The summed E-state index contributed by atoms with van der Waals surface area (Å²) in [5.41, 5.74) is 2.66. The molecule has 0 aliphatic carbocycles. The SMILES string of the molecule is CN=C(NCCCn1cccn1)NCc1ccccc1CN(C)C(C)C. The van der Waals surface area contributed by atoms with Gasteiger partial charge in [-0.05, 0) is 44.5 Å². The molecule has 0 bridgehead atoms. The van der Waals surface area contributed by atoms with Gasteiger partial charge >= 0.3 is 0 Å². The smallest absolute Gasteiger partial charge is 0.191 e. The van der Waals surface area contributed by atoms with Crippen LogP contribution in [0.5, 0.6) is 0 Å². The van der Waals surface area contributed by atoms with Crippen molar-refractivity contribution >= 4 is 5.96 Å². The van der Waals surface area contributed by atoms with Crippen molar-refractivity contribution in [2.45, 2.75) is 45.9 Å². The molecule has 1 aromatic heterocycles. The van der Waals surface area contributed by atoms with E-state index in [-0.39, 0.29) is 0 Å². The van der Waals surface area contributed by atoms with Gasteiger partial charge in [-0.2, -0.15) is 5.10 Å². The Kier molecular flexibility index (Phi) is 8.15. The fraction of sp³-hybridized carbons (Fsp3) is 0.500.